The molecule has 0 aromatic heterocycles. The van der Waals surface area contributed by atoms with Gasteiger partial charge in [0.25, 0.3) is 0 Å². The van der Waals surface area contributed by atoms with Crippen LogP contribution in [-0.2, 0) is 4.79 Å². The fraction of sp³-hybridized carbons (Fsp3) is 0. The minimum Gasteiger partial charge on any atom is -0.210 e. The molecule has 0 heterocycles. The van der Waals surface area contributed by atoms with Crippen LogP contribution in [0.25, 0.3) is 0 Å². The third-order valence-corrected chi connectivity index (χ3v) is 1.95. The number of isocyanates is 1. The van der Waals surface area contributed by atoms with Crippen LogP contribution in [0.4, 0.5) is 17.6 Å². The Morgan fingerprint density at radius 1 is 1.14 bits per heavy atom. The first kappa shape index (κ1) is 10.7. The molecule has 1 aromatic carbocycles. The molecule has 0 atom stereocenters. The fourth-order valence-electron chi connectivity index (χ4n) is 0.696. The van der Waals surface area contributed by atoms with Crippen molar-refractivity contribution in [2.24, 2.45) is 4.40 Å². The molecule has 1 aromatic rings. The molecule has 1 rings (SSSR count). The van der Waals surface area contributed by atoms with E-state index < -0.39 is 28.2 Å². The average Bonchev–Trinajstić information content (AvgIpc) is 2.15. The number of hydrogen-bond acceptors (Lipinski definition) is 3. The summed E-state index contributed by atoms with van der Waals surface area (Å²) in [6.07, 6.45) is 0.969. The second-order valence-corrected chi connectivity index (χ2v) is 2.84. The van der Waals surface area contributed by atoms with Gasteiger partial charge >= 0.3 is 0 Å². The van der Waals surface area contributed by atoms with E-state index in [1.54, 1.807) is 0 Å². The van der Waals surface area contributed by atoms with Crippen LogP contribution in [0.5, 0.6) is 0 Å². The van der Waals surface area contributed by atoms with Gasteiger partial charge in [-0.05, 0) is 0 Å². The standard InChI is InChI=1S/C7HF4NOS/c8-3-1-4(9)6(11)7(5(3)10)14-12-2-13/h1H. The number of rotatable bonds is 2. The zero-order valence-corrected chi connectivity index (χ0v) is 7.17. The lowest BCUT2D eigenvalue weighted by Crippen LogP contribution is -1.96. The summed E-state index contributed by atoms with van der Waals surface area (Å²) in [7, 11) is 0. The summed E-state index contributed by atoms with van der Waals surface area (Å²) in [5.74, 6) is -6.28. The number of halogens is 4. The molecule has 0 radical (unpaired) electrons. The normalized spacial score (nSPS) is 9.71. The molecular weight excluding hydrogens is 222 g/mol. The Labute approximate surface area is 79.8 Å². The molecule has 0 spiro atoms. The first-order chi connectivity index (χ1) is 6.57. The molecule has 2 nitrogen and oxygen atoms in total. The summed E-state index contributed by atoms with van der Waals surface area (Å²) in [6.45, 7) is 0. The molecule has 0 aliphatic rings. The maximum atomic E-state index is 12.8. The van der Waals surface area contributed by atoms with Gasteiger partial charge in [0.1, 0.15) is 4.90 Å². The van der Waals surface area contributed by atoms with Crippen molar-refractivity contribution in [3.8, 4) is 0 Å². The second kappa shape index (κ2) is 4.26. The molecule has 0 N–H and O–H groups in total. The van der Waals surface area contributed by atoms with Crippen molar-refractivity contribution >= 4 is 18.0 Å². The molecular formula is C7HF4NOS. The van der Waals surface area contributed by atoms with Gasteiger partial charge in [-0.15, -0.1) is 4.40 Å². The summed E-state index contributed by atoms with van der Waals surface area (Å²) < 4.78 is 53.3. The van der Waals surface area contributed by atoms with E-state index in [-0.39, 0.29) is 18.0 Å². The van der Waals surface area contributed by atoms with Gasteiger partial charge in [-0.3, -0.25) is 0 Å². The summed E-state index contributed by atoms with van der Waals surface area (Å²) in [4.78, 5) is 8.62. The van der Waals surface area contributed by atoms with E-state index in [9.17, 15) is 22.4 Å². The van der Waals surface area contributed by atoms with Crippen molar-refractivity contribution in [3.63, 3.8) is 0 Å². The summed E-state index contributed by atoms with van der Waals surface area (Å²) in [5, 5.41) is 0. The van der Waals surface area contributed by atoms with Crippen LogP contribution in [0.1, 0.15) is 0 Å². The van der Waals surface area contributed by atoms with E-state index in [1.165, 1.54) is 0 Å². The summed E-state index contributed by atoms with van der Waals surface area (Å²) >= 11 is -0.0266. The fourth-order valence-corrected chi connectivity index (χ4v) is 1.18. The Hall–Kier alpha value is -1.33. The molecule has 0 unspecified atom stereocenters. The zero-order valence-electron chi connectivity index (χ0n) is 6.35. The van der Waals surface area contributed by atoms with Gasteiger partial charge in [-0.25, -0.2) is 22.4 Å². The molecule has 0 aliphatic carbocycles. The molecule has 0 bridgehead atoms. The van der Waals surface area contributed by atoms with Crippen LogP contribution >= 0.6 is 11.9 Å². The molecule has 74 valence electrons. The van der Waals surface area contributed by atoms with Gasteiger partial charge < -0.3 is 0 Å². The molecule has 0 amide bonds. The number of nitrogens with zero attached hydrogens (tertiary/aromatic N) is 1. The molecule has 14 heavy (non-hydrogen) atoms. The van der Waals surface area contributed by atoms with Gasteiger partial charge in [0.2, 0.25) is 6.08 Å². The van der Waals surface area contributed by atoms with Crippen LogP contribution in [0.3, 0.4) is 0 Å². The van der Waals surface area contributed by atoms with E-state index in [1.807, 2.05) is 0 Å². The lowest BCUT2D eigenvalue weighted by molar-refractivity contribution is 0.426. The Balaban J connectivity index is 3.31. The predicted octanol–water partition coefficient (Wildman–Crippen LogP) is 2.59. The third-order valence-electron chi connectivity index (χ3n) is 1.25. The van der Waals surface area contributed by atoms with Crippen molar-refractivity contribution in [3.05, 3.63) is 29.3 Å². The third kappa shape index (κ3) is 1.94. The largest absolute Gasteiger partial charge is 0.247 e. The van der Waals surface area contributed by atoms with Crippen molar-refractivity contribution in [1.82, 2.24) is 0 Å². The first-order valence-corrected chi connectivity index (χ1v) is 3.92. The lowest BCUT2D eigenvalue weighted by Gasteiger charge is -2.01. The van der Waals surface area contributed by atoms with Gasteiger partial charge in [0.15, 0.2) is 23.3 Å². The molecule has 0 aliphatic heterocycles. The maximum absolute atomic E-state index is 12.8. The smallest absolute Gasteiger partial charge is 0.210 e. The maximum Gasteiger partial charge on any atom is 0.247 e. The van der Waals surface area contributed by atoms with E-state index in [2.05, 4.69) is 4.40 Å². The molecule has 7 heteroatoms. The van der Waals surface area contributed by atoms with Gasteiger partial charge in [0, 0.05) is 18.0 Å². The van der Waals surface area contributed by atoms with Crippen LogP contribution in [0, 0.1) is 23.3 Å². The van der Waals surface area contributed by atoms with E-state index in [0.29, 0.717) is 0 Å². The van der Waals surface area contributed by atoms with Crippen molar-refractivity contribution in [2.75, 3.05) is 0 Å². The number of hydrogen-bond donors (Lipinski definition) is 0. The SMILES string of the molecule is O=C=NSc1c(F)c(F)cc(F)c1F. The van der Waals surface area contributed by atoms with E-state index in [4.69, 9.17) is 0 Å². The first-order valence-electron chi connectivity index (χ1n) is 3.15. The highest BCUT2D eigenvalue weighted by Gasteiger charge is 2.19. The zero-order chi connectivity index (χ0) is 10.7. The molecule has 0 saturated carbocycles. The number of benzene rings is 1. The Bertz CT molecular complexity index is 390. The molecule has 0 fully saturated rings. The highest BCUT2D eigenvalue weighted by molar-refractivity contribution is 7.98. The highest BCUT2D eigenvalue weighted by Crippen LogP contribution is 2.28. The highest BCUT2D eigenvalue weighted by atomic mass is 32.2. The van der Waals surface area contributed by atoms with Crippen molar-refractivity contribution in [2.45, 2.75) is 4.90 Å². The Morgan fingerprint density at radius 3 is 2.07 bits per heavy atom. The minimum atomic E-state index is -1.59. The summed E-state index contributed by atoms with van der Waals surface area (Å²) in [6, 6.07) is 0.0688. The quantitative estimate of drug-likeness (QED) is 0.253. The van der Waals surface area contributed by atoms with Gasteiger partial charge in [0.05, 0.1) is 0 Å². The average molecular weight is 223 g/mol. The Kier molecular flexibility index (Phi) is 3.27. The number of carbonyl (C=O) groups excluding carboxylic acids is 1. The summed E-state index contributed by atoms with van der Waals surface area (Å²) in [5.41, 5.74) is 0. The van der Waals surface area contributed by atoms with Crippen molar-refractivity contribution in [1.29, 1.82) is 0 Å². The van der Waals surface area contributed by atoms with Gasteiger partial charge in [-0.2, -0.15) is 0 Å². The molecule has 0 saturated heterocycles. The van der Waals surface area contributed by atoms with E-state index >= 15 is 0 Å². The second-order valence-electron chi connectivity index (χ2n) is 2.07. The van der Waals surface area contributed by atoms with Crippen LogP contribution < -0.4 is 0 Å². The van der Waals surface area contributed by atoms with Crippen LogP contribution in [0.15, 0.2) is 15.4 Å². The van der Waals surface area contributed by atoms with Gasteiger partial charge in [-0.1, -0.05) is 0 Å². The topological polar surface area (TPSA) is 29.4 Å². The monoisotopic (exact) mass is 223 g/mol. The van der Waals surface area contributed by atoms with E-state index in [0.717, 1.165) is 6.08 Å². The van der Waals surface area contributed by atoms with Crippen LogP contribution in [-0.4, -0.2) is 6.08 Å². The minimum absolute atomic E-state index is 0.0266. The predicted molar refractivity (Wildman–Crippen MR) is 40.3 cm³/mol. The lowest BCUT2D eigenvalue weighted by atomic mass is 10.3. The van der Waals surface area contributed by atoms with Crippen molar-refractivity contribution < 1.29 is 22.4 Å². The Morgan fingerprint density at radius 2 is 1.64 bits per heavy atom. The van der Waals surface area contributed by atoms with Crippen LogP contribution in [0.2, 0.25) is 0 Å².